The van der Waals surface area contributed by atoms with Crippen LogP contribution in [0, 0.1) is 5.41 Å². The Hall–Kier alpha value is -0.690. The van der Waals surface area contributed by atoms with Crippen molar-refractivity contribution < 1.29 is 20.0 Å². The van der Waals surface area contributed by atoms with E-state index in [1.54, 1.807) is 39.0 Å². The van der Waals surface area contributed by atoms with Crippen LogP contribution < -0.4 is 0 Å². The Bertz CT molecular complexity index is 985. The second-order valence-electron chi connectivity index (χ2n) is 11.6. The van der Waals surface area contributed by atoms with Gasteiger partial charge in [0.05, 0.1) is 0 Å². The van der Waals surface area contributed by atoms with Gasteiger partial charge < -0.3 is 0 Å². The number of hydrogen-bond acceptors (Lipinski definition) is 0. The van der Waals surface area contributed by atoms with Gasteiger partial charge in [-0.25, -0.2) is 0 Å². The van der Waals surface area contributed by atoms with E-state index in [4.69, 9.17) is 0 Å². The van der Waals surface area contributed by atoms with Gasteiger partial charge in [-0.2, -0.15) is 0 Å². The Morgan fingerprint density at radius 1 is 0.833 bits per heavy atom. The van der Waals surface area contributed by atoms with Crippen molar-refractivity contribution in [2.45, 2.75) is 96.8 Å². The third kappa shape index (κ3) is 2.60. The Morgan fingerprint density at radius 3 is 1.83 bits per heavy atom. The van der Waals surface area contributed by atoms with Crippen molar-refractivity contribution in [3.05, 3.63) is 62.8 Å². The molecule has 0 saturated heterocycles. The first-order valence-corrected chi connectivity index (χ1v) is 22.9. The van der Waals surface area contributed by atoms with Gasteiger partial charge in [0.1, 0.15) is 0 Å². The molecule has 1 aromatic carbocycles. The van der Waals surface area contributed by atoms with Crippen LogP contribution in [0.3, 0.4) is 0 Å². The van der Waals surface area contributed by atoms with Crippen molar-refractivity contribution >= 4 is 6.08 Å². The molecule has 3 aliphatic rings. The summed E-state index contributed by atoms with van der Waals surface area (Å²) in [6.45, 7) is 19.5. The first kappa shape index (κ1) is 22.5. The molecule has 0 bridgehead atoms. The van der Waals surface area contributed by atoms with Gasteiger partial charge >= 0.3 is 191 Å². The van der Waals surface area contributed by atoms with Gasteiger partial charge in [0.25, 0.3) is 0 Å². The molecule has 0 aromatic heterocycles. The molecule has 0 N–H and O–H groups in total. The van der Waals surface area contributed by atoms with E-state index in [1.807, 2.05) is 0 Å². The van der Waals surface area contributed by atoms with E-state index in [9.17, 15) is 0 Å². The SMILES string of the molecule is CCC1(CC)Cc2cc3c(cc2C1)[C](C)([Hf]([CH3])([CH3])[C]1(C)C(C)=C(C)C(C)=C1C)C=C3. The Balaban J connectivity index is 1.84. The first-order chi connectivity index (χ1) is 13.9. The number of fused-ring (bicyclic) bond motifs is 2. The molecule has 1 atom stereocenters. The molecule has 0 amide bonds. The van der Waals surface area contributed by atoms with Crippen molar-refractivity contribution in [2.24, 2.45) is 5.41 Å². The Morgan fingerprint density at radius 2 is 1.33 bits per heavy atom. The summed E-state index contributed by atoms with van der Waals surface area (Å²) in [5.41, 5.74) is 13.4. The molecule has 162 valence electrons. The molecule has 4 rings (SSSR count). The number of rotatable bonds is 4. The summed E-state index contributed by atoms with van der Waals surface area (Å²) < 4.78 is 6.00. The van der Waals surface area contributed by atoms with Crippen LogP contribution in [-0.4, -0.2) is 0 Å². The van der Waals surface area contributed by atoms with E-state index in [-0.39, 0.29) is 6.34 Å². The Kier molecular flexibility index (Phi) is 5.18. The molecule has 0 saturated carbocycles. The van der Waals surface area contributed by atoms with Gasteiger partial charge in [-0.15, -0.1) is 0 Å². The van der Waals surface area contributed by atoms with Crippen LogP contribution in [0.4, 0.5) is 0 Å². The molecule has 0 spiro atoms. The summed E-state index contributed by atoms with van der Waals surface area (Å²) in [6.07, 6.45) is 10.3. The van der Waals surface area contributed by atoms with E-state index in [0.29, 0.717) is 5.41 Å². The van der Waals surface area contributed by atoms with Gasteiger partial charge in [-0.1, -0.05) is 0 Å². The van der Waals surface area contributed by atoms with Crippen LogP contribution in [0.25, 0.3) is 6.08 Å². The molecule has 0 fully saturated rings. The summed E-state index contributed by atoms with van der Waals surface area (Å²) in [5, 5.41) is 0. The second-order valence-corrected chi connectivity index (χ2v) is 30.6. The molecular formula is C29H42Hf. The van der Waals surface area contributed by atoms with Crippen LogP contribution >= 0.6 is 0 Å². The quantitative estimate of drug-likeness (QED) is 0.318. The normalized spacial score (nSPS) is 26.6. The summed E-state index contributed by atoms with van der Waals surface area (Å²) in [6, 6.07) is 5.23. The van der Waals surface area contributed by atoms with Crippen LogP contribution in [0.1, 0.15) is 90.5 Å². The fraction of sp³-hybridized carbons (Fsp3) is 0.586. The van der Waals surface area contributed by atoms with Crippen molar-refractivity contribution in [1.29, 1.82) is 0 Å². The molecular weight excluding hydrogens is 527 g/mol. The molecule has 0 aliphatic heterocycles. The predicted molar refractivity (Wildman–Crippen MR) is 130 cm³/mol. The molecule has 0 nitrogen and oxygen atoms in total. The molecule has 1 unspecified atom stereocenters. The van der Waals surface area contributed by atoms with Gasteiger partial charge in [-0.05, 0) is 0 Å². The maximum atomic E-state index is 2.74. The topological polar surface area (TPSA) is 0 Å². The summed E-state index contributed by atoms with van der Waals surface area (Å²) in [7, 11) is 0. The minimum absolute atomic E-state index is 0.239. The Labute approximate surface area is 190 Å². The standard InChI is InChI=1S/C17H21.C10H15.2CH3.Hf/c1-4-17(5-2)10-14-8-13-7-6-12(3)16(13)9-15(14)11-17;1-6-7(2)9(4)10(5)8(6)3;;;/h6-9H,4-5,10-11H2,1-3H3;1-5H3;2*1H3;. The first-order valence-electron chi connectivity index (χ1n) is 12.1. The summed E-state index contributed by atoms with van der Waals surface area (Å²) in [4.78, 5) is 0. The van der Waals surface area contributed by atoms with Gasteiger partial charge in [0, 0.05) is 0 Å². The zero-order chi connectivity index (χ0) is 22.3. The van der Waals surface area contributed by atoms with E-state index >= 15 is 0 Å². The average molecular weight is 569 g/mol. The fourth-order valence-electron chi connectivity index (χ4n) is 7.19. The van der Waals surface area contributed by atoms with Crippen LogP contribution in [0.2, 0.25) is 12.5 Å². The van der Waals surface area contributed by atoms with Crippen LogP contribution in [0.15, 0.2) is 40.5 Å². The third-order valence-corrected chi connectivity index (χ3v) is 33.5. The molecule has 0 radical (unpaired) electrons. The zero-order valence-corrected chi connectivity index (χ0v) is 24.7. The maximum absolute atomic E-state index is 2.97. The molecule has 0 heterocycles. The van der Waals surface area contributed by atoms with Crippen LogP contribution in [0.5, 0.6) is 0 Å². The minimum atomic E-state index is -2.97. The predicted octanol–water partition coefficient (Wildman–Crippen LogP) is 8.95. The summed E-state index contributed by atoms with van der Waals surface area (Å²) >= 11 is -2.97. The summed E-state index contributed by atoms with van der Waals surface area (Å²) in [5.74, 6) is 0. The van der Waals surface area contributed by atoms with Crippen molar-refractivity contribution in [2.75, 3.05) is 0 Å². The van der Waals surface area contributed by atoms with Crippen LogP contribution in [-0.2, 0) is 36.0 Å². The number of benzene rings is 1. The van der Waals surface area contributed by atoms with Gasteiger partial charge in [-0.3, -0.25) is 0 Å². The zero-order valence-electron chi connectivity index (χ0n) is 21.1. The monoisotopic (exact) mass is 570 g/mol. The second kappa shape index (κ2) is 6.90. The van der Waals surface area contributed by atoms with E-state index < -0.39 is 20.0 Å². The molecule has 3 aliphatic carbocycles. The van der Waals surface area contributed by atoms with E-state index in [2.05, 4.69) is 89.0 Å². The van der Waals surface area contributed by atoms with Gasteiger partial charge in [0.15, 0.2) is 0 Å². The average Bonchev–Trinajstić information content (AvgIpc) is 3.31. The van der Waals surface area contributed by atoms with Crippen molar-refractivity contribution in [3.63, 3.8) is 0 Å². The van der Waals surface area contributed by atoms with E-state index in [1.165, 1.54) is 31.2 Å². The van der Waals surface area contributed by atoms with Gasteiger partial charge in [0.2, 0.25) is 0 Å². The number of allylic oxidation sites excluding steroid dienone is 5. The molecule has 1 heteroatoms. The van der Waals surface area contributed by atoms with E-state index in [0.717, 1.165) is 0 Å². The third-order valence-electron chi connectivity index (χ3n) is 10.9. The number of hydrogen-bond donors (Lipinski definition) is 0. The fourth-order valence-corrected chi connectivity index (χ4v) is 24.0. The molecule has 30 heavy (non-hydrogen) atoms. The van der Waals surface area contributed by atoms with Crippen molar-refractivity contribution in [3.8, 4) is 0 Å². The van der Waals surface area contributed by atoms with Crippen molar-refractivity contribution in [1.82, 2.24) is 0 Å². The molecule has 1 aromatic rings.